The Morgan fingerprint density at radius 1 is 0.933 bits per heavy atom. The van der Waals surface area contributed by atoms with Crippen LogP contribution in [0.25, 0.3) is 0 Å². The van der Waals surface area contributed by atoms with Gasteiger partial charge in [0.15, 0.2) is 11.5 Å². The molecule has 0 amide bonds. The number of phenols is 3. The summed E-state index contributed by atoms with van der Waals surface area (Å²) in [7, 11) is 0. The van der Waals surface area contributed by atoms with E-state index in [1.54, 1.807) is 18.2 Å². The van der Waals surface area contributed by atoms with Crippen LogP contribution in [0.2, 0.25) is 0 Å². The van der Waals surface area contributed by atoms with Gasteiger partial charge >= 0.3 is 5.97 Å². The number of aromatic hydroxyl groups is 3. The summed E-state index contributed by atoms with van der Waals surface area (Å²) in [6, 6.07) is 15.1. The lowest BCUT2D eigenvalue weighted by atomic mass is 9.88. The van der Waals surface area contributed by atoms with Gasteiger partial charge in [0.1, 0.15) is 17.6 Å². The zero-order valence-corrected chi connectivity index (χ0v) is 15.5. The van der Waals surface area contributed by atoms with Gasteiger partial charge in [0, 0.05) is 11.1 Å². The highest BCUT2D eigenvalue weighted by atomic mass is 16.7. The maximum Gasteiger partial charge on any atom is 0.338 e. The predicted molar refractivity (Wildman–Crippen MR) is 103 cm³/mol. The molecule has 3 aromatic carbocycles. The number of carbonyl (C=O) groups excluding carboxylic acids is 1. The molecule has 0 spiro atoms. The maximum atomic E-state index is 12.7. The second-order valence-electron chi connectivity index (χ2n) is 6.86. The fraction of sp³-hybridized carbons (Fsp3) is 0.136. The van der Waals surface area contributed by atoms with Gasteiger partial charge in [-0.15, -0.1) is 0 Å². The summed E-state index contributed by atoms with van der Waals surface area (Å²) < 4.78 is 11.2. The molecule has 0 aliphatic carbocycles. The number of aliphatic hydroxyl groups is 2. The van der Waals surface area contributed by atoms with Crippen molar-refractivity contribution in [1.82, 2.24) is 0 Å². The number of rotatable bonds is 3. The molecule has 8 nitrogen and oxygen atoms in total. The lowest BCUT2D eigenvalue weighted by molar-refractivity contribution is -0.251. The summed E-state index contributed by atoms with van der Waals surface area (Å²) in [5.74, 6) is -4.07. The van der Waals surface area contributed by atoms with E-state index in [4.69, 9.17) is 9.47 Å². The van der Waals surface area contributed by atoms with Crippen LogP contribution < -0.4 is 4.74 Å². The molecule has 1 aliphatic heterocycles. The Morgan fingerprint density at radius 2 is 1.63 bits per heavy atom. The van der Waals surface area contributed by atoms with Crippen LogP contribution in [-0.2, 0) is 10.5 Å². The molecule has 0 saturated heterocycles. The van der Waals surface area contributed by atoms with Crippen LogP contribution in [0.1, 0.15) is 27.6 Å². The lowest BCUT2D eigenvalue weighted by Crippen LogP contribution is -2.53. The van der Waals surface area contributed by atoms with E-state index in [2.05, 4.69) is 0 Å². The van der Waals surface area contributed by atoms with Gasteiger partial charge in [-0.2, -0.15) is 0 Å². The number of hydrogen-bond acceptors (Lipinski definition) is 8. The van der Waals surface area contributed by atoms with Gasteiger partial charge in [-0.05, 0) is 48.5 Å². The molecule has 0 saturated carbocycles. The van der Waals surface area contributed by atoms with E-state index in [-0.39, 0.29) is 22.6 Å². The Hall–Kier alpha value is -3.75. The number of carbonyl (C=O) groups is 1. The highest BCUT2D eigenvalue weighted by Crippen LogP contribution is 2.46. The molecule has 0 radical (unpaired) electrons. The first kappa shape index (κ1) is 19.6. The molecule has 5 N–H and O–H groups in total. The molecule has 3 atom stereocenters. The number of benzene rings is 3. The molecule has 3 aromatic rings. The summed E-state index contributed by atoms with van der Waals surface area (Å²) >= 11 is 0. The van der Waals surface area contributed by atoms with E-state index in [1.165, 1.54) is 36.4 Å². The van der Waals surface area contributed by atoms with Crippen molar-refractivity contribution in [2.45, 2.75) is 18.0 Å². The van der Waals surface area contributed by atoms with Crippen LogP contribution >= 0.6 is 0 Å². The molecule has 0 bridgehead atoms. The van der Waals surface area contributed by atoms with E-state index in [0.29, 0.717) is 5.56 Å². The third-order valence-corrected chi connectivity index (χ3v) is 4.90. The predicted octanol–water partition coefficient (Wildman–Crippen LogP) is 2.30. The minimum absolute atomic E-state index is 0.0439. The van der Waals surface area contributed by atoms with E-state index in [0.717, 1.165) is 12.1 Å². The Balaban J connectivity index is 1.78. The van der Waals surface area contributed by atoms with Crippen molar-refractivity contribution in [3.05, 3.63) is 83.4 Å². The normalized spacial score (nSPS) is 22.6. The van der Waals surface area contributed by atoms with Crippen molar-refractivity contribution < 1.29 is 39.8 Å². The molecular weight excluding hydrogens is 392 g/mol. The van der Waals surface area contributed by atoms with Crippen LogP contribution in [0, 0.1) is 0 Å². The second-order valence-corrected chi connectivity index (χ2v) is 6.86. The van der Waals surface area contributed by atoms with E-state index >= 15 is 0 Å². The average Bonchev–Trinajstić information content (AvgIpc) is 2.73. The molecule has 3 unspecified atom stereocenters. The summed E-state index contributed by atoms with van der Waals surface area (Å²) in [4.78, 5) is 12.7. The quantitative estimate of drug-likeness (QED) is 0.328. The van der Waals surface area contributed by atoms with Crippen molar-refractivity contribution in [2.24, 2.45) is 0 Å². The zero-order chi connectivity index (χ0) is 21.5. The van der Waals surface area contributed by atoms with Gasteiger partial charge in [0.25, 0.3) is 5.79 Å². The van der Waals surface area contributed by atoms with Crippen LogP contribution in [0.5, 0.6) is 23.0 Å². The molecule has 0 fully saturated rings. The van der Waals surface area contributed by atoms with Crippen molar-refractivity contribution >= 4 is 5.97 Å². The average molecular weight is 410 g/mol. The third-order valence-electron chi connectivity index (χ3n) is 4.90. The molecule has 4 rings (SSSR count). The van der Waals surface area contributed by atoms with Crippen molar-refractivity contribution in [1.29, 1.82) is 0 Å². The SMILES string of the molecule is O=C(OC1C(O)c2ccccc2OC1(O)c1ccc(O)c(O)c1)c1ccc(O)cc1. The smallest absolute Gasteiger partial charge is 0.338 e. The monoisotopic (exact) mass is 410 g/mol. The summed E-state index contributed by atoms with van der Waals surface area (Å²) in [5, 5.41) is 51.1. The fourth-order valence-electron chi connectivity index (χ4n) is 3.32. The zero-order valence-electron chi connectivity index (χ0n) is 15.5. The van der Waals surface area contributed by atoms with Gasteiger partial charge in [-0.3, -0.25) is 0 Å². The first-order valence-corrected chi connectivity index (χ1v) is 9.00. The molecule has 30 heavy (non-hydrogen) atoms. The van der Waals surface area contributed by atoms with Gasteiger partial charge in [0.2, 0.25) is 6.10 Å². The largest absolute Gasteiger partial charge is 0.508 e. The van der Waals surface area contributed by atoms with Crippen molar-refractivity contribution in [3.8, 4) is 23.0 Å². The van der Waals surface area contributed by atoms with Gasteiger partial charge in [0.05, 0.1) is 5.56 Å². The lowest BCUT2D eigenvalue weighted by Gasteiger charge is -2.42. The van der Waals surface area contributed by atoms with Crippen LogP contribution in [-0.4, -0.2) is 37.6 Å². The summed E-state index contributed by atoms with van der Waals surface area (Å²) in [5.41, 5.74) is 0.332. The van der Waals surface area contributed by atoms with Crippen LogP contribution in [0.4, 0.5) is 0 Å². The molecule has 154 valence electrons. The number of phenolic OH excluding ortho intramolecular Hbond substituents is 3. The van der Waals surface area contributed by atoms with Gasteiger partial charge in [-0.1, -0.05) is 18.2 Å². The van der Waals surface area contributed by atoms with E-state index in [9.17, 15) is 30.3 Å². The highest BCUT2D eigenvalue weighted by Gasteiger charge is 2.53. The second kappa shape index (κ2) is 7.25. The minimum atomic E-state index is -2.37. The maximum absolute atomic E-state index is 12.7. The molecule has 8 heteroatoms. The number of hydrogen-bond donors (Lipinski definition) is 5. The minimum Gasteiger partial charge on any atom is -0.508 e. The van der Waals surface area contributed by atoms with Crippen LogP contribution in [0.3, 0.4) is 0 Å². The fourth-order valence-corrected chi connectivity index (χ4v) is 3.32. The summed E-state index contributed by atoms with van der Waals surface area (Å²) in [6.45, 7) is 0. The van der Waals surface area contributed by atoms with E-state index < -0.39 is 35.5 Å². The number of para-hydroxylation sites is 1. The van der Waals surface area contributed by atoms with Crippen LogP contribution in [0.15, 0.2) is 66.7 Å². The Labute approximate surface area is 170 Å². The molecular formula is C22H18O8. The number of fused-ring (bicyclic) bond motifs is 1. The molecule has 0 aromatic heterocycles. The first-order valence-electron chi connectivity index (χ1n) is 9.00. The standard InChI is InChI=1S/C22H18O8/c23-14-8-5-12(6-9-14)21(27)29-20-19(26)15-3-1-2-4-18(15)30-22(20,28)13-7-10-16(24)17(25)11-13/h1-11,19-20,23-26,28H. The molecule has 1 heterocycles. The first-order chi connectivity index (χ1) is 14.3. The van der Waals surface area contributed by atoms with E-state index in [1.807, 2.05) is 0 Å². The molecule has 1 aliphatic rings. The number of aliphatic hydroxyl groups excluding tert-OH is 1. The van der Waals surface area contributed by atoms with Crippen molar-refractivity contribution in [3.63, 3.8) is 0 Å². The van der Waals surface area contributed by atoms with Crippen molar-refractivity contribution in [2.75, 3.05) is 0 Å². The number of ether oxygens (including phenoxy) is 2. The Morgan fingerprint density at radius 3 is 2.33 bits per heavy atom. The van der Waals surface area contributed by atoms with Gasteiger partial charge in [-0.25, -0.2) is 4.79 Å². The third kappa shape index (κ3) is 3.28. The Bertz CT molecular complexity index is 1090. The number of esters is 1. The Kier molecular flexibility index (Phi) is 4.73. The summed E-state index contributed by atoms with van der Waals surface area (Å²) in [6.07, 6.45) is -3.07. The topological polar surface area (TPSA) is 137 Å². The van der Waals surface area contributed by atoms with Gasteiger partial charge < -0.3 is 35.0 Å². The highest BCUT2D eigenvalue weighted by molar-refractivity contribution is 5.89.